The normalized spacial score (nSPS) is 14.6. The number of anilines is 2. The molecule has 1 fully saturated rings. The number of rotatable bonds is 8. The van der Waals surface area contributed by atoms with E-state index in [2.05, 4.69) is 68.9 Å². The molecule has 0 amide bonds. The van der Waals surface area contributed by atoms with Crippen molar-refractivity contribution in [2.45, 2.75) is 26.7 Å². The molecule has 32 heavy (non-hydrogen) atoms. The van der Waals surface area contributed by atoms with E-state index in [1.807, 2.05) is 6.07 Å². The van der Waals surface area contributed by atoms with Gasteiger partial charge in [-0.1, -0.05) is 18.5 Å². The van der Waals surface area contributed by atoms with Gasteiger partial charge < -0.3 is 19.4 Å². The summed E-state index contributed by atoms with van der Waals surface area (Å²) in [5.74, 6) is 1.73. The highest BCUT2D eigenvalue weighted by Crippen LogP contribution is 2.34. The Labute approximate surface area is 194 Å². The van der Waals surface area contributed by atoms with E-state index in [0.717, 1.165) is 73.9 Å². The number of nitrogens with zero attached hydrogens (tertiary/aromatic N) is 6. The number of aryl methyl sites for hydroxylation is 2. The standard InChI is InChI=1S/C23H32ClN7O/c1-5-18-21-22(28-27-18)25-15-26-23(21)31-10-8-30(9-11-31)19-14-17(24)20(13-16(19)2)32-12-6-7-29(3)4/h13-15H,5-12H2,1-4H3,(H,25,26,27,28). The zero-order valence-electron chi connectivity index (χ0n) is 19.4. The zero-order valence-corrected chi connectivity index (χ0v) is 20.1. The summed E-state index contributed by atoms with van der Waals surface area (Å²) in [7, 11) is 4.13. The lowest BCUT2D eigenvalue weighted by Gasteiger charge is -2.37. The van der Waals surface area contributed by atoms with Crippen molar-refractivity contribution in [1.82, 2.24) is 25.1 Å². The van der Waals surface area contributed by atoms with Crippen molar-refractivity contribution < 1.29 is 4.74 Å². The number of halogens is 1. The molecule has 1 N–H and O–H groups in total. The van der Waals surface area contributed by atoms with Crippen LogP contribution in [-0.2, 0) is 6.42 Å². The molecule has 3 heterocycles. The van der Waals surface area contributed by atoms with Crippen molar-refractivity contribution in [1.29, 1.82) is 0 Å². The number of piperazine rings is 1. The highest BCUT2D eigenvalue weighted by atomic mass is 35.5. The minimum Gasteiger partial charge on any atom is -0.492 e. The Kier molecular flexibility index (Phi) is 7.01. The molecular weight excluding hydrogens is 426 g/mol. The number of ether oxygens (including phenoxy) is 1. The predicted octanol–water partition coefficient (Wildman–Crippen LogP) is 3.53. The molecule has 0 radical (unpaired) electrons. The molecule has 0 saturated carbocycles. The first-order valence-electron chi connectivity index (χ1n) is 11.2. The summed E-state index contributed by atoms with van der Waals surface area (Å²) < 4.78 is 5.93. The molecule has 1 aliphatic rings. The van der Waals surface area contributed by atoms with Crippen molar-refractivity contribution >= 4 is 34.1 Å². The molecule has 0 bridgehead atoms. The molecule has 1 saturated heterocycles. The molecule has 1 aromatic carbocycles. The van der Waals surface area contributed by atoms with E-state index in [-0.39, 0.29) is 0 Å². The number of hydrogen-bond acceptors (Lipinski definition) is 7. The average Bonchev–Trinajstić information content (AvgIpc) is 3.22. The lowest BCUT2D eigenvalue weighted by Crippen LogP contribution is -2.47. The minimum atomic E-state index is 0.663. The quantitative estimate of drug-likeness (QED) is 0.518. The highest BCUT2D eigenvalue weighted by Gasteiger charge is 2.23. The Morgan fingerprint density at radius 2 is 1.88 bits per heavy atom. The van der Waals surface area contributed by atoms with E-state index in [4.69, 9.17) is 16.3 Å². The third-order valence-corrected chi connectivity index (χ3v) is 6.22. The summed E-state index contributed by atoms with van der Waals surface area (Å²) in [6, 6.07) is 4.11. The monoisotopic (exact) mass is 457 g/mol. The Morgan fingerprint density at radius 1 is 1.12 bits per heavy atom. The molecule has 4 rings (SSSR count). The summed E-state index contributed by atoms with van der Waals surface area (Å²) in [6.07, 6.45) is 3.43. The van der Waals surface area contributed by atoms with Crippen LogP contribution in [0.2, 0.25) is 5.02 Å². The molecule has 0 spiro atoms. The van der Waals surface area contributed by atoms with E-state index in [0.29, 0.717) is 11.6 Å². The minimum absolute atomic E-state index is 0.663. The summed E-state index contributed by atoms with van der Waals surface area (Å²) in [5, 5.41) is 9.14. The van der Waals surface area contributed by atoms with Crippen LogP contribution >= 0.6 is 11.6 Å². The van der Waals surface area contributed by atoms with Gasteiger partial charge in [0, 0.05) is 38.4 Å². The van der Waals surface area contributed by atoms with Gasteiger partial charge in [-0.3, -0.25) is 5.10 Å². The average molecular weight is 458 g/mol. The summed E-state index contributed by atoms with van der Waals surface area (Å²) in [5.41, 5.74) is 4.17. The van der Waals surface area contributed by atoms with Crippen LogP contribution in [-0.4, -0.2) is 78.5 Å². The van der Waals surface area contributed by atoms with Gasteiger partial charge in [-0.2, -0.15) is 5.10 Å². The van der Waals surface area contributed by atoms with Crippen LogP contribution in [0, 0.1) is 6.92 Å². The van der Waals surface area contributed by atoms with Gasteiger partial charge in [0.1, 0.15) is 17.9 Å². The first kappa shape index (κ1) is 22.6. The molecule has 1 aliphatic heterocycles. The Bertz CT molecular complexity index is 1060. The second-order valence-electron chi connectivity index (χ2n) is 8.49. The Hall–Kier alpha value is -2.58. The largest absolute Gasteiger partial charge is 0.492 e. The molecule has 172 valence electrons. The van der Waals surface area contributed by atoms with E-state index in [1.54, 1.807) is 6.33 Å². The van der Waals surface area contributed by atoms with Crippen molar-refractivity contribution in [3.05, 3.63) is 34.7 Å². The van der Waals surface area contributed by atoms with Crippen molar-refractivity contribution in [3.8, 4) is 5.75 Å². The van der Waals surface area contributed by atoms with Gasteiger partial charge in [-0.15, -0.1) is 0 Å². The number of benzene rings is 1. The fourth-order valence-electron chi connectivity index (χ4n) is 4.22. The van der Waals surface area contributed by atoms with Gasteiger partial charge >= 0.3 is 0 Å². The molecular formula is C23H32ClN7O. The Morgan fingerprint density at radius 3 is 2.59 bits per heavy atom. The highest BCUT2D eigenvalue weighted by molar-refractivity contribution is 6.32. The van der Waals surface area contributed by atoms with Crippen LogP contribution in [0.4, 0.5) is 11.5 Å². The van der Waals surface area contributed by atoms with Gasteiger partial charge in [-0.25, -0.2) is 9.97 Å². The van der Waals surface area contributed by atoms with E-state index < -0.39 is 0 Å². The van der Waals surface area contributed by atoms with Crippen LogP contribution in [0.5, 0.6) is 5.75 Å². The van der Waals surface area contributed by atoms with Gasteiger partial charge in [0.05, 0.1) is 22.7 Å². The SMILES string of the molecule is CCc1n[nH]c2ncnc(N3CCN(c4cc(Cl)c(OCCCN(C)C)cc4C)CC3)c12. The van der Waals surface area contributed by atoms with E-state index in [1.165, 1.54) is 11.3 Å². The topological polar surface area (TPSA) is 73.4 Å². The summed E-state index contributed by atoms with van der Waals surface area (Å²) in [4.78, 5) is 15.8. The fraction of sp³-hybridized carbons (Fsp3) is 0.522. The predicted molar refractivity (Wildman–Crippen MR) is 130 cm³/mol. The lowest BCUT2D eigenvalue weighted by molar-refractivity contribution is 0.281. The number of nitrogens with one attached hydrogen (secondary N) is 1. The van der Waals surface area contributed by atoms with Gasteiger partial charge in [-0.05, 0) is 51.6 Å². The number of hydrogen-bond donors (Lipinski definition) is 1. The first-order chi connectivity index (χ1) is 15.5. The third-order valence-electron chi connectivity index (χ3n) is 5.93. The maximum absolute atomic E-state index is 6.57. The van der Waals surface area contributed by atoms with Crippen LogP contribution in [0.3, 0.4) is 0 Å². The van der Waals surface area contributed by atoms with Crippen LogP contribution in [0.1, 0.15) is 24.6 Å². The molecule has 8 nitrogen and oxygen atoms in total. The summed E-state index contributed by atoms with van der Waals surface area (Å²) in [6.45, 7) is 9.42. The van der Waals surface area contributed by atoms with Gasteiger partial charge in [0.25, 0.3) is 0 Å². The molecule has 3 aromatic rings. The van der Waals surface area contributed by atoms with E-state index >= 15 is 0 Å². The molecule has 0 unspecified atom stereocenters. The second kappa shape index (κ2) is 9.92. The van der Waals surface area contributed by atoms with Crippen LogP contribution in [0.25, 0.3) is 11.0 Å². The fourth-order valence-corrected chi connectivity index (χ4v) is 4.43. The number of aromatic nitrogens is 4. The number of H-pyrrole nitrogens is 1. The molecule has 0 atom stereocenters. The third kappa shape index (κ3) is 4.76. The van der Waals surface area contributed by atoms with Crippen molar-refractivity contribution in [2.75, 3.05) is 63.2 Å². The van der Waals surface area contributed by atoms with Gasteiger partial charge in [0.15, 0.2) is 5.65 Å². The number of fused-ring (bicyclic) bond motifs is 1. The number of aromatic amines is 1. The van der Waals surface area contributed by atoms with Crippen molar-refractivity contribution in [3.63, 3.8) is 0 Å². The maximum atomic E-state index is 6.57. The molecule has 9 heteroatoms. The summed E-state index contributed by atoms with van der Waals surface area (Å²) >= 11 is 6.57. The Balaban J connectivity index is 1.43. The van der Waals surface area contributed by atoms with E-state index in [9.17, 15) is 0 Å². The second-order valence-corrected chi connectivity index (χ2v) is 8.90. The lowest BCUT2D eigenvalue weighted by atomic mass is 10.1. The smallest absolute Gasteiger partial charge is 0.160 e. The van der Waals surface area contributed by atoms with Crippen LogP contribution < -0.4 is 14.5 Å². The molecule has 0 aliphatic carbocycles. The van der Waals surface area contributed by atoms with Crippen LogP contribution in [0.15, 0.2) is 18.5 Å². The molecule has 2 aromatic heterocycles. The zero-order chi connectivity index (χ0) is 22.7. The maximum Gasteiger partial charge on any atom is 0.160 e. The van der Waals surface area contributed by atoms with Crippen molar-refractivity contribution in [2.24, 2.45) is 0 Å². The first-order valence-corrected chi connectivity index (χ1v) is 11.6. The van der Waals surface area contributed by atoms with Gasteiger partial charge in [0.2, 0.25) is 0 Å².